The fraction of sp³-hybridized carbons (Fsp3) is 0.0769. The van der Waals surface area contributed by atoms with Gasteiger partial charge in [-0.05, 0) is 23.6 Å². The monoisotopic (exact) mass is 288 g/mol. The zero-order chi connectivity index (χ0) is 13.7. The summed E-state index contributed by atoms with van der Waals surface area (Å²) in [5, 5.41) is 6.41. The number of ether oxygens (including phenoxy) is 2. The van der Waals surface area contributed by atoms with E-state index in [4.69, 9.17) is 26.8 Å². The van der Waals surface area contributed by atoms with Crippen LogP contribution in [0.5, 0.6) is 11.5 Å². The highest BCUT2D eigenvalue weighted by Gasteiger charge is 2.17. The molecule has 1 aromatic carbocycles. The lowest BCUT2D eigenvalue weighted by molar-refractivity contribution is 0.174. The first-order valence-electron chi connectivity index (χ1n) is 5.92. The summed E-state index contributed by atoms with van der Waals surface area (Å²) in [7, 11) is 0. The van der Waals surface area contributed by atoms with E-state index in [1.807, 2.05) is 18.2 Å². The van der Waals surface area contributed by atoms with Gasteiger partial charge in [0, 0.05) is 11.6 Å². The number of hydrogen-bond donors (Lipinski definition) is 1. The topological polar surface area (TPSA) is 75.2 Å². The first kappa shape index (κ1) is 11.4. The number of aromatic nitrogens is 3. The van der Waals surface area contributed by atoms with Gasteiger partial charge in [-0.2, -0.15) is 0 Å². The molecule has 4 rings (SSSR count). The molecule has 1 aliphatic rings. The lowest BCUT2D eigenvalue weighted by Gasteiger charge is -2.06. The van der Waals surface area contributed by atoms with E-state index in [0.29, 0.717) is 16.6 Å². The van der Waals surface area contributed by atoms with Crippen molar-refractivity contribution in [2.75, 3.05) is 12.5 Å². The number of nitrogens with two attached hydrogens (primary N) is 1. The van der Waals surface area contributed by atoms with E-state index in [1.165, 1.54) is 0 Å². The van der Waals surface area contributed by atoms with Crippen molar-refractivity contribution < 1.29 is 9.47 Å². The molecule has 0 unspecified atom stereocenters. The van der Waals surface area contributed by atoms with Crippen LogP contribution in [0, 0.1) is 0 Å². The van der Waals surface area contributed by atoms with Crippen molar-refractivity contribution in [3.63, 3.8) is 0 Å². The third kappa shape index (κ3) is 1.58. The minimum atomic E-state index is 0.231. The van der Waals surface area contributed by atoms with Crippen LogP contribution >= 0.6 is 11.6 Å². The van der Waals surface area contributed by atoms with E-state index in [1.54, 1.807) is 17.1 Å². The average Bonchev–Trinajstić information content (AvgIpc) is 3.02. The van der Waals surface area contributed by atoms with Gasteiger partial charge >= 0.3 is 0 Å². The van der Waals surface area contributed by atoms with Gasteiger partial charge in [0.15, 0.2) is 23.1 Å². The predicted octanol–water partition coefficient (Wildman–Crippen LogP) is 2.38. The van der Waals surface area contributed by atoms with Crippen LogP contribution < -0.4 is 15.2 Å². The maximum Gasteiger partial charge on any atom is 0.231 e. The molecule has 3 aromatic rings. The van der Waals surface area contributed by atoms with E-state index >= 15 is 0 Å². The van der Waals surface area contributed by atoms with Crippen molar-refractivity contribution >= 4 is 28.2 Å². The Bertz CT molecular complexity index is 811. The van der Waals surface area contributed by atoms with Crippen LogP contribution in [-0.4, -0.2) is 21.6 Å². The van der Waals surface area contributed by atoms with Crippen LogP contribution in [0.15, 0.2) is 30.6 Å². The Morgan fingerprint density at radius 1 is 1.25 bits per heavy atom. The summed E-state index contributed by atoms with van der Waals surface area (Å²) < 4.78 is 12.3. The summed E-state index contributed by atoms with van der Waals surface area (Å²) in [5.41, 5.74) is 5.68. The summed E-state index contributed by atoms with van der Waals surface area (Å²) in [5.74, 6) is 2.33. The van der Waals surface area contributed by atoms with Crippen LogP contribution in [0.2, 0.25) is 5.02 Å². The zero-order valence-electron chi connectivity index (χ0n) is 10.2. The molecule has 3 heterocycles. The fourth-order valence-corrected chi connectivity index (χ4v) is 2.33. The Labute approximate surface area is 118 Å². The van der Waals surface area contributed by atoms with Crippen LogP contribution in [-0.2, 0) is 0 Å². The predicted molar refractivity (Wildman–Crippen MR) is 74.4 cm³/mol. The SMILES string of the molecule is Nc1nn(-c2nccc3cc4c(cc23)OCO4)cc1Cl. The largest absolute Gasteiger partial charge is 0.454 e. The quantitative estimate of drug-likeness (QED) is 0.744. The first-order chi connectivity index (χ1) is 9.72. The smallest absolute Gasteiger partial charge is 0.231 e. The Morgan fingerprint density at radius 2 is 2.05 bits per heavy atom. The van der Waals surface area contributed by atoms with Crippen LogP contribution in [0.4, 0.5) is 5.82 Å². The van der Waals surface area contributed by atoms with Crippen LogP contribution in [0.3, 0.4) is 0 Å². The molecule has 2 aromatic heterocycles. The van der Waals surface area contributed by atoms with Crippen molar-refractivity contribution in [2.24, 2.45) is 0 Å². The van der Waals surface area contributed by atoms with Gasteiger partial charge in [0.25, 0.3) is 0 Å². The number of fused-ring (bicyclic) bond motifs is 2. The van der Waals surface area contributed by atoms with Crippen LogP contribution in [0.25, 0.3) is 16.6 Å². The highest BCUT2D eigenvalue weighted by Crippen LogP contribution is 2.37. The number of nitrogens with zero attached hydrogens (tertiary/aromatic N) is 3. The molecule has 0 saturated carbocycles. The van der Waals surface area contributed by atoms with Crippen LogP contribution in [0.1, 0.15) is 0 Å². The average molecular weight is 289 g/mol. The van der Waals surface area contributed by atoms with E-state index in [0.717, 1.165) is 16.5 Å². The molecule has 6 nitrogen and oxygen atoms in total. The summed E-state index contributed by atoms with van der Waals surface area (Å²) in [6.07, 6.45) is 3.33. The van der Waals surface area contributed by atoms with Gasteiger partial charge in [-0.1, -0.05) is 11.6 Å². The normalized spacial score (nSPS) is 13.1. The molecule has 20 heavy (non-hydrogen) atoms. The number of pyridine rings is 1. The van der Waals surface area contributed by atoms with Gasteiger partial charge < -0.3 is 15.2 Å². The Hall–Kier alpha value is -2.47. The highest BCUT2D eigenvalue weighted by atomic mass is 35.5. The number of nitrogen functional groups attached to an aromatic ring is 1. The molecule has 0 bridgehead atoms. The molecule has 0 radical (unpaired) electrons. The lowest BCUT2D eigenvalue weighted by atomic mass is 10.1. The number of halogens is 1. The molecule has 1 aliphatic heterocycles. The third-order valence-corrected chi connectivity index (χ3v) is 3.44. The summed E-state index contributed by atoms with van der Waals surface area (Å²) in [4.78, 5) is 4.35. The van der Waals surface area contributed by atoms with Crippen molar-refractivity contribution in [2.45, 2.75) is 0 Å². The van der Waals surface area contributed by atoms with E-state index < -0.39 is 0 Å². The van der Waals surface area contributed by atoms with E-state index in [2.05, 4.69) is 10.1 Å². The molecule has 0 amide bonds. The zero-order valence-corrected chi connectivity index (χ0v) is 11.0. The second-order valence-corrected chi connectivity index (χ2v) is 4.78. The second kappa shape index (κ2) is 4.01. The standard InChI is InChI=1S/C13H9ClN4O2/c14-9-5-18(17-12(9)15)13-8-4-11-10(19-6-20-11)3-7(8)1-2-16-13/h1-5H,6H2,(H2,15,17). The summed E-state index contributed by atoms with van der Waals surface area (Å²) >= 11 is 5.94. The summed E-state index contributed by atoms with van der Waals surface area (Å²) in [6, 6.07) is 5.69. The molecule has 2 N–H and O–H groups in total. The van der Waals surface area contributed by atoms with Gasteiger partial charge in [-0.3, -0.25) is 0 Å². The molecular formula is C13H9ClN4O2. The van der Waals surface area contributed by atoms with Crippen molar-refractivity contribution in [1.29, 1.82) is 0 Å². The molecular weight excluding hydrogens is 280 g/mol. The molecule has 0 spiro atoms. The minimum absolute atomic E-state index is 0.231. The summed E-state index contributed by atoms with van der Waals surface area (Å²) in [6.45, 7) is 0.231. The molecule has 7 heteroatoms. The van der Waals surface area contributed by atoms with Gasteiger partial charge in [-0.25, -0.2) is 9.67 Å². The highest BCUT2D eigenvalue weighted by molar-refractivity contribution is 6.32. The number of rotatable bonds is 1. The Morgan fingerprint density at radius 3 is 2.80 bits per heavy atom. The lowest BCUT2D eigenvalue weighted by Crippen LogP contribution is -2.00. The van der Waals surface area contributed by atoms with E-state index in [9.17, 15) is 0 Å². The number of benzene rings is 1. The molecule has 0 saturated heterocycles. The van der Waals surface area contributed by atoms with Crippen molar-refractivity contribution in [3.8, 4) is 17.3 Å². The van der Waals surface area contributed by atoms with Crippen molar-refractivity contribution in [1.82, 2.24) is 14.8 Å². The number of anilines is 1. The fourth-order valence-electron chi connectivity index (χ4n) is 2.20. The van der Waals surface area contributed by atoms with Gasteiger partial charge in [0.05, 0.1) is 6.20 Å². The maximum atomic E-state index is 5.94. The Kier molecular flexibility index (Phi) is 2.28. The molecule has 100 valence electrons. The number of hydrogen-bond acceptors (Lipinski definition) is 5. The van der Waals surface area contributed by atoms with E-state index in [-0.39, 0.29) is 12.6 Å². The maximum absolute atomic E-state index is 5.94. The molecule has 0 fully saturated rings. The molecule has 0 aliphatic carbocycles. The first-order valence-corrected chi connectivity index (χ1v) is 6.29. The Balaban J connectivity index is 2.00. The van der Waals surface area contributed by atoms with Gasteiger partial charge in [0.1, 0.15) is 5.02 Å². The minimum Gasteiger partial charge on any atom is -0.454 e. The second-order valence-electron chi connectivity index (χ2n) is 4.37. The third-order valence-electron chi connectivity index (χ3n) is 3.15. The molecule has 0 atom stereocenters. The van der Waals surface area contributed by atoms with Gasteiger partial charge in [-0.15, -0.1) is 5.10 Å². The van der Waals surface area contributed by atoms with Crippen molar-refractivity contribution in [3.05, 3.63) is 35.6 Å². The van der Waals surface area contributed by atoms with Gasteiger partial charge in [0.2, 0.25) is 6.79 Å².